The minimum atomic E-state index is -0.415. The summed E-state index contributed by atoms with van der Waals surface area (Å²) in [4.78, 5) is 75.0. The van der Waals surface area contributed by atoms with Crippen molar-refractivity contribution >= 4 is 35.8 Å². The van der Waals surface area contributed by atoms with Crippen LogP contribution in [0.4, 0.5) is 0 Å². The molecule has 28 aliphatic rings. The van der Waals surface area contributed by atoms with Gasteiger partial charge in [-0.1, -0.05) is 137 Å². The van der Waals surface area contributed by atoms with Crippen LogP contribution in [0.5, 0.6) is 0 Å². The van der Waals surface area contributed by atoms with Gasteiger partial charge in [-0.05, 0) is 542 Å². The lowest BCUT2D eigenvalue weighted by atomic mass is 9.28. The van der Waals surface area contributed by atoms with E-state index in [1.54, 1.807) is 0 Å². The maximum atomic E-state index is 13.0. The molecule has 0 aromatic heterocycles. The highest BCUT2D eigenvalue weighted by Gasteiger charge is 2.77. The zero-order valence-corrected chi connectivity index (χ0v) is 86.3. The summed E-state index contributed by atoms with van der Waals surface area (Å²) in [6.07, 6.45) is 46.1. The first kappa shape index (κ1) is 127. The van der Waals surface area contributed by atoms with Crippen LogP contribution >= 0.6 is 0 Å². The van der Waals surface area contributed by atoms with E-state index in [0.717, 1.165) is 217 Å². The zero-order valence-electron chi connectivity index (χ0n) is 86.3. The lowest BCUT2D eigenvalue weighted by Gasteiger charge is -2.77. The van der Waals surface area contributed by atoms with Gasteiger partial charge in [0.2, 0.25) is 0 Å². The summed E-state index contributed by atoms with van der Waals surface area (Å²) >= 11 is 0. The number of hydrogen-bond donors (Lipinski definition) is 0. The maximum absolute atomic E-state index is 13.0. The molecule has 0 amide bonds. The van der Waals surface area contributed by atoms with Crippen LogP contribution in [0.1, 0.15) is 507 Å². The van der Waals surface area contributed by atoms with Crippen molar-refractivity contribution in [2.45, 2.75) is 548 Å². The Morgan fingerprint density at radius 3 is 1.11 bits per heavy atom. The number of ether oxygens (including phenoxy) is 7. The van der Waals surface area contributed by atoms with Gasteiger partial charge >= 0.3 is 35.8 Å². The van der Waals surface area contributed by atoms with E-state index in [1.165, 1.54) is 180 Å². The molecule has 13 heteroatoms. The predicted molar refractivity (Wildman–Crippen MR) is 587 cm³/mol. The number of carbonyl (C=O) groups excluding carboxylic acids is 6. The molecule has 0 spiro atoms. The molecule has 0 N–H and O–H groups in total. The molecule has 30 bridgehead atoms. The van der Waals surface area contributed by atoms with Crippen LogP contribution in [0.2, 0.25) is 0 Å². The van der Waals surface area contributed by atoms with Gasteiger partial charge in [0.05, 0.1) is 38.6 Å². The Morgan fingerprint density at radius 2 is 0.679 bits per heavy atom. The molecule has 28 fully saturated rings. The van der Waals surface area contributed by atoms with Crippen molar-refractivity contribution in [3.05, 3.63) is 0 Å². The largest absolute Gasteiger partial charge is 0.459 e. The third-order valence-corrected chi connectivity index (χ3v) is 45.9. The Balaban J connectivity index is 0.000000294. The van der Waals surface area contributed by atoms with Crippen molar-refractivity contribution < 1.29 is 61.9 Å². The van der Waals surface area contributed by atoms with Gasteiger partial charge in [-0.3, -0.25) is 28.8 Å². The van der Waals surface area contributed by atoms with Crippen LogP contribution in [0.25, 0.3) is 0 Å². The normalized spacial score (nSPS) is 40.5. The average molecular weight is 1970 g/mol. The number of hydrogen-bond acceptors (Lipinski definition) is 13. The SMILES string of the molecule is C.C.C.C.C.C.C.C.C.C.C.C.CCC(C)(C)C(=O)OC(C)(C)C12CC3C4CC5CC3C(C1)C(C5)C4C2.CCC(C)(C)C(=O)OC(C)(C)C12CC3CC4C5CC(CC41)CC2C5C3.CCC(C)(C)C(=O)OC(C)(C)C1CC2CCC1C2.CCC(C)(C)C(=O)OC(C)OC1CC2CC1C1C3CCC(C3)C21.CCC(C)(C)C(=O)OC1(C)C2CC3C4CC5CC3C1C(C5)C4C2.CCC(C)(C)C(=O)OC1(C)CCCC1. The predicted octanol–water partition coefficient (Wildman–Crippen LogP) is 35.1. The minimum absolute atomic E-state index is 0. The highest BCUT2D eigenvalue weighted by atomic mass is 16.7. The highest BCUT2D eigenvalue weighted by molar-refractivity contribution is 5.79. The van der Waals surface area contributed by atoms with Gasteiger partial charge in [-0.2, -0.15) is 0 Å². The fourth-order valence-corrected chi connectivity index (χ4v) is 36.7. The van der Waals surface area contributed by atoms with E-state index in [0.29, 0.717) is 23.9 Å². The molecule has 28 saturated carbocycles. The number of fused-ring (bicyclic) bond motifs is 11. The number of esters is 6. The monoisotopic (exact) mass is 1970 g/mol. The van der Waals surface area contributed by atoms with Crippen molar-refractivity contribution in [1.29, 1.82) is 0 Å². The summed E-state index contributed by atoms with van der Waals surface area (Å²) in [5.74, 6) is 28.2. The van der Waals surface area contributed by atoms with Crippen LogP contribution < -0.4 is 0 Å². The van der Waals surface area contributed by atoms with Crippen molar-refractivity contribution in [3.8, 4) is 0 Å². The molecule has 0 saturated heterocycles. The molecule has 0 radical (unpaired) electrons. The Labute approximate surface area is 866 Å². The first-order chi connectivity index (χ1) is 59.8. The molecule has 0 aromatic rings. The topological polar surface area (TPSA) is 167 Å². The van der Waals surface area contributed by atoms with Crippen LogP contribution in [-0.2, 0) is 61.9 Å². The zero-order chi connectivity index (χ0) is 92.4. The van der Waals surface area contributed by atoms with Gasteiger partial charge in [-0.25, -0.2) is 0 Å². The maximum Gasteiger partial charge on any atom is 0.313 e. The van der Waals surface area contributed by atoms with Crippen molar-refractivity contribution in [1.82, 2.24) is 0 Å². The average Bonchev–Trinajstić information content (AvgIpc) is 0.739. The van der Waals surface area contributed by atoms with E-state index in [4.69, 9.17) is 33.2 Å². The van der Waals surface area contributed by atoms with Crippen molar-refractivity contribution in [2.24, 2.45) is 227 Å². The van der Waals surface area contributed by atoms with E-state index in [-0.39, 0.29) is 191 Å². The molecule has 28 rings (SSSR count). The Hall–Kier alpha value is -3.22. The second-order valence-electron chi connectivity index (χ2n) is 55.5. The fourth-order valence-electron chi connectivity index (χ4n) is 36.7. The van der Waals surface area contributed by atoms with Crippen molar-refractivity contribution in [3.63, 3.8) is 0 Å². The van der Waals surface area contributed by atoms with E-state index in [9.17, 15) is 28.8 Å². The molecule has 20 unspecified atom stereocenters. The third-order valence-electron chi connectivity index (χ3n) is 45.9. The Kier molecular flexibility index (Phi) is 40.7. The summed E-state index contributed by atoms with van der Waals surface area (Å²) in [7, 11) is 0. The Morgan fingerprint density at radius 1 is 0.314 bits per heavy atom. The summed E-state index contributed by atoms with van der Waals surface area (Å²) < 4.78 is 42.5. The van der Waals surface area contributed by atoms with E-state index in [1.807, 2.05) is 111 Å². The molecule has 20 atom stereocenters. The highest BCUT2D eigenvalue weighted by Crippen LogP contribution is 2.81. The van der Waals surface area contributed by atoms with Gasteiger partial charge in [0.25, 0.3) is 0 Å². The molecule has 0 heterocycles. The minimum Gasteiger partial charge on any atom is -0.459 e. The van der Waals surface area contributed by atoms with Gasteiger partial charge < -0.3 is 33.2 Å². The van der Waals surface area contributed by atoms with E-state index in [2.05, 4.69) is 76.2 Å². The van der Waals surface area contributed by atoms with E-state index >= 15 is 0 Å². The first-order valence-electron chi connectivity index (χ1n) is 54.8. The van der Waals surface area contributed by atoms with Crippen LogP contribution in [0.15, 0.2) is 0 Å². The van der Waals surface area contributed by atoms with Gasteiger partial charge in [-0.15, -0.1) is 0 Å². The van der Waals surface area contributed by atoms with Gasteiger partial charge in [0.1, 0.15) is 28.0 Å². The van der Waals surface area contributed by atoms with E-state index < -0.39 is 11.7 Å². The molecule has 140 heavy (non-hydrogen) atoms. The summed E-state index contributed by atoms with van der Waals surface area (Å²) in [6.45, 7) is 55.9. The standard InChI is InChI=1S/2C23H36O2.C21H32O2.C20H32O3.C16H28O2.C12H22O2.12CH4/c1-6-21(2,3)20(24)25-22(4,5)23-12-14-8-16-15-7-13(10-18(16)23)11-19(23)17(15)9-14;1-6-21(2,3)20(24)25-22(4,5)23-10-17-14-7-13-8-15(17)19(12-23)16(9-13)18(14)11-23;1-5-20(2,3)19(22)23-21(4)12-9-14-13-6-11-7-16(14)18(21)17(8-11)15(13)10-12;1-5-20(3,4)19(21)23-11(2)22-16-10-14-9-15(16)18-13-7-6-12(8-13)17(14)18;1-6-15(2,3)14(17)18-16(4,5)13-10-11-7-8-12(13)9-11;1-5-11(2,3)10(13)14-12(4)8-6-7-9-12;;;;;;;;;;;;/h2*13-19H,6-12H2,1-5H3;2*11-18H,5-10H2,1-4H3;11-13H,6-10H2,1-5H3;5-9H2,1-4H3;12*1H4. The first-order valence-corrected chi connectivity index (χ1v) is 54.8. The molecule has 820 valence electrons. The summed E-state index contributed by atoms with van der Waals surface area (Å²) in [5, 5.41) is 0. The summed E-state index contributed by atoms with van der Waals surface area (Å²) in [6, 6.07) is 0. The van der Waals surface area contributed by atoms with Gasteiger partial charge in [0.15, 0.2) is 6.29 Å². The quantitative estimate of drug-likeness (QED) is 0.0411. The number of carbonyl (C=O) groups is 6. The van der Waals surface area contributed by atoms with Gasteiger partial charge in [0, 0.05) is 22.7 Å². The molecular formula is C127H234O13. The molecule has 13 nitrogen and oxygen atoms in total. The second kappa shape index (κ2) is 44.7. The fraction of sp³-hybridized carbons (Fsp3) is 0.953. The van der Waals surface area contributed by atoms with Crippen molar-refractivity contribution in [2.75, 3.05) is 0 Å². The molecular weight excluding hydrogens is 1730 g/mol. The Bertz CT molecular complexity index is 3970. The van der Waals surface area contributed by atoms with Crippen LogP contribution in [0, 0.1) is 227 Å². The lowest BCUT2D eigenvalue weighted by molar-refractivity contribution is -0.309. The van der Waals surface area contributed by atoms with Crippen LogP contribution in [-0.4, -0.2) is 76.2 Å². The second-order valence-corrected chi connectivity index (χ2v) is 55.5. The summed E-state index contributed by atoms with van der Waals surface area (Å²) in [5.41, 5.74) is -2.90. The third kappa shape index (κ3) is 21.5. The molecule has 0 aliphatic heterocycles. The van der Waals surface area contributed by atoms with Crippen LogP contribution in [0.3, 0.4) is 0 Å². The number of rotatable bonds is 23. The lowest BCUT2D eigenvalue weighted by Crippen LogP contribution is -2.73. The smallest absolute Gasteiger partial charge is 0.313 e. The molecule has 28 aliphatic carbocycles. The molecule has 0 aromatic carbocycles.